The first kappa shape index (κ1) is 57.2. The predicted molar refractivity (Wildman–Crippen MR) is 261 cm³/mol. The van der Waals surface area contributed by atoms with Gasteiger partial charge in [-0.2, -0.15) is 0 Å². The SMILES string of the molecule is CC/C=C/C/C=C/C/C=C/C/C=C/C/C=C/C/C=C/CCC(=O)OCC(COCCC(C(=O)O)[N+](C)(C)C)OC(=O)CC/C=C/C/C=C/C/C=C/C/C=C/C/C=C/C/C=C/CC. The van der Waals surface area contributed by atoms with Gasteiger partial charge in [-0.25, -0.2) is 4.79 Å². The number of carbonyl (C=O) groups is 3. The topological polar surface area (TPSA) is 99.1 Å². The van der Waals surface area contributed by atoms with Gasteiger partial charge in [0.1, 0.15) is 6.61 Å². The molecular formula is C54H82NO7+. The maximum Gasteiger partial charge on any atom is 0.362 e. The van der Waals surface area contributed by atoms with Crippen molar-refractivity contribution in [2.24, 2.45) is 0 Å². The zero-order valence-corrected chi connectivity index (χ0v) is 39.0. The van der Waals surface area contributed by atoms with E-state index in [9.17, 15) is 19.5 Å². The number of hydrogen-bond acceptors (Lipinski definition) is 6. The number of quaternary nitrogens is 1. The van der Waals surface area contributed by atoms with Crippen LogP contribution in [-0.2, 0) is 28.6 Å². The highest BCUT2D eigenvalue weighted by molar-refractivity contribution is 5.72. The fraction of sp³-hybridized carbons (Fsp3) is 0.500. The number of carboxylic acid groups (broad SMARTS) is 1. The summed E-state index contributed by atoms with van der Waals surface area (Å²) in [6.07, 6.45) is 63.5. The van der Waals surface area contributed by atoms with Crippen LogP contribution in [0.2, 0.25) is 0 Å². The Morgan fingerprint density at radius 1 is 0.468 bits per heavy atom. The van der Waals surface area contributed by atoms with Crippen molar-refractivity contribution < 1.29 is 38.2 Å². The third-order valence-electron chi connectivity index (χ3n) is 9.01. The van der Waals surface area contributed by atoms with E-state index in [1.54, 1.807) is 0 Å². The Kier molecular flexibility index (Phi) is 39.6. The lowest BCUT2D eigenvalue weighted by molar-refractivity contribution is -0.887. The van der Waals surface area contributed by atoms with E-state index in [4.69, 9.17) is 14.2 Å². The molecule has 0 fully saturated rings. The van der Waals surface area contributed by atoms with E-state index in [1.165, 1.54) is 0 Å². The van der Waals surface area contributed by atoms with Gasteiger partial charge in [0, 0.05) is 19.3 Å². The maximum atomic E-state index is 12.7. The van der Waals surface area contributed by atoms with Crippen LogP contribution in [0.1, 0.15) is 123 Å². The van der Waals surface area contributed by atoms with Crippen LogP contribution < -0.4 is 0 Å². The Morgan fingerprint density at radius 3 is 1.11 bits per heavy atom. The minimum absolute atomic E-state index is 0.00440. The molecule has 0 amide bonds. The molecule has 0 radical (unpaired) electrons. The first-order valence-corrected chi connectivity index (χ1v) is 22.9. The number of carboxylic acids is 1. The molecule has 344 valence electrons. The van der Waals surface area contributed by atoms with Crippen molar-refractivity contribution in [2.45, 2.75) is 135 Å². The Hall–Kier alpha value is -4.79. The molecule has 8 nitrogen and oxygen atoms in total. The summed E-state index contributed by atoms with van der Waals surface area (Å²) in [5.41, 5.74) is 0. The van der Waals surface area contributed by atoms with E-state index in [0.717, 1.165) is 77.0 Å². The average Bonchev–Trinajstić information content (AvgIpc) is 3.23. The summed E-state index contributed by atoms with van der Waals surface area (Å²) in [7, 11) is 5.46. The van der Waals surface area contributed by atoms with Gasteiger partial charge in [0.15, 0.2) is 12.1 Å². The van der Waals surface area contributed by atoms with E-state index in [-0.39, 0.29) is 49.5 Å². The minimum atomic E-state index is -0.903. The van der Waals surface area contributed by atoms with Crippen molar-refractivity contribution in [3.05, 3.63) is 146 Å². The number of aliphatic carboxylic acids is 1. The average molecular weight is 857 g/mol. The van der Waals surface area contributed by atoms with E-state index in [2.05, 4.69) is 135 Å². The van der Waals surface area contributed by atoms with Gasteiger partial charge in [-0.3, -0.25) is 9.59 Å². The van der Waals surface area contributed by atoms with Crippen LogP contribution in [0.15, 0.2) is 146 Å². The van der Waals surface area contributed by atoms with Crippen molar-refractivity contribution in [3.8, 4) is 0 Å². The third kappa shape index (κ3) is 40.6. The molecule has 0 rings (SSSR count). The fourth-order valence-electron chi connectivity index (χ4n) is 5.55. The van der Waals surface area contributed by atoms with Gasteiger partial charge in [-0.05, 0) is 89.9 Å². The number of ether oxygens (including phenoxy) is 3. The smallest absolute Gasteiger partial charge is 0.362 e. The Bertz CT molecular complexity index is 1510. The van der Waals surface area contributed by atoms with Crippen LogP contribution in [0.3, 0.4) is 0 Å². The predicted octanol–water partition coefficient (Wildman–Crippen LogP) is 13.0. The van der Waals surface area contributed by atoms with Crippen LogP contribution in [0.25, 0.3) is 0 Å². The number of nitrogens with zero attached hydrogens (tertiary/aromatic N) is 1. The molecule has 0 saturated heterocycles. The fourth-order valence-corrected chi connectivity index (χ4v) is 5.55. The maximum absolute atomic E-state index is 12.7. The molecule has 0 aromatic rings. The zero-order valence-electron chi connectivity index (χ0n) is 39.0. The highest BCUT2D eigenvalue weighted by Crippen LogP contribution is 2.10. The third-order valence-corrected chi connectivity index (χ3v) is 9.01. The molecule has 8 heteroatoms. The monoisotopic (exact) mass is 857 g/mol. The molecule has 0 aromatic heterocycles. The molecule has 0 aliphatic rings. The van der Waals surface area contributed by atoms with Gasteiger partial charge in [-0.1, -0.05) is 160 Å². The lowest BCUT2D eigenvalue weighted by Gasteiger charge is -2.31. The standard InChI is InChI=1S/C54H81NO7/c1-6-8-10-12-14-16-18-20-22-24-26-28-30-32-34-36-38-40-42-44-52(56)61-49-50(48-60-47-46-51(54(58)59)55(3,4)5)62-53(57)45-43-41-39-37-35-33-31-29-27-25-23-21-19-17-15-13-11-9-7-2/h8-11,14-17,20-23,26-29,32-35,38-41,50-51H,6-7,12-13,18-19,24-25,30-31,36-37,42-49H2,1-5H3/p+1/b10-8+,11-9+,16-14+,17-15+,22-20+,23-21+,28-26+,29-27+,34-32+,35-33+,40-38+,41-39+. The second-order valence-corrected chi connectivity index (χ2v) is 15.5. The number of likely N-dealkylation sites (N-methyl/N-ethyl adjacent to an activating group) is 1. The molecule has 0 saturated carbocycles. The minimum Gasteiger partial charge on any atom is -0.477 e. The van der Waals surface area contributed by atoms with Crippen LogP contribution in [0.4, 0.5) is 0 Å². The van der Waals surface area contributed by atoms with Crippen molar-refractivity contribution in [3.63, 3.8) is 0 Å². The van der Waals surface area contributed by atoms with Crippen LogP contribution >= 0.6 is 0 Å². The molecular weight excluding hydrogens is 775 g/mol. The van der Waals surface area contributed by atoms with E-state index in [1.807, 2.05) is 45.4 Å². The first-order valence-electron chi connectivity index (χ1n) is 22.9. The molecule has 0 heterocycles. The summed E-state index contributed by atoms with van der Waals surface area (Å²) in [6.45, 7) is 4.31. The van der Waals surface area contributed by atoms with E-state index < -0.39 is 24.1 Å². The van der Waals surface area contributed by atoms with E-state index in [0.29, 0.717) is 12.8 Å². The summed E-state index contributed by atoms with van der Waals surface area (Å²) < 4.78 is 17.1. The zero-order chi connectivity index (χ0) is 45.6. The largest absolute Gasteiger partial charge is 0.477 e. The molecule has 1 N–H and O–H groups in total. The van der Waals surface area contributed by atoms with Crippen molar-refractivity contribution in [1.29, 1.82) is 0 Å². The van der Waals surface area contributed by atoms with Gasteiger partial charge in [0.05, 0.1) is 34.4 Å². The molecule has 0 aromatic carbocycles. The Balaban J connectivity index is 4.61. The number of allylic oxidation sites excluding steroid dienone is 24. The quantitative estimate of drug-likeness (QED) is 0.0286. The van der Waals surface area contributed by atoms with Crippen LogP contribution in [0, 0.1) is 0 Å². The summed E-state index contributed by atoms with van der Waals surface area (Å²) in [4.78, 5) is 37.0. The lowest BCUT2D eigenvalue weighted by atomic mass is 10.1. The van der Waals surface area contributed by atoms with Crippen LogP contribution in [-0.4, -0.2) is 80.6 Å². The highest BCUT2D eigenvalue weighted by atomic mass is 16.6. The highest BCUT2D eigenvalue weighted by Gasteiger charge is 2.31. The molecule has 0 bridgehead atoms. The number of rotatable bonds is 38. The normalized spacial score (nSPS) is 14.3. The number of esters is 2. The molecule has 0 spiro atoms. The summed E-state index contributed by atoms with van der Waals surface area (Å²) >= 11 is 0. The Labute approximate surface area is 376 Å². The van der Waals surface area contributed by atoms with Crippen molar-refractivity contribution >= 4 is 17.9 Å². The van der Waals surface area contributed by atoms with Crippen LogP contribution in [0.5, 0.6) is 0 Å². The second kappa shape index (κ2) is 42.9. The number of hydrogen-bond donors (Lipinski definition) is 1. The van der Waals surface area contributed by atoms with Gasteiger partial charge in [0.25, 0.3) is 0 Å². The number of carbonyl (C=O) groups excluding carboxylic acids is 2. The first-order chi connectivity index (χ1) is 30.1. The molecule has 2 unspecified atom stereocenters. The molecule has 0 aliphatic heterocycles. The summed E-state index contributed by atoms with van der Waals surface area (Å²) in [5, 5.41) is 9.63. The van der Waals surface area contributed by atoms with Gasteiger partial charge < -0.3 is 23.8 Å². The van der Waals surface area contributed by atoms with Crippen molar-refractivity contribution in [1.82, 2.24) is 0 Å². The summed E-state index contributed by atoms with van der Waals surface area (Å²) in [6, 6.07) is -0.649. The Morgan fingerprint density at radius 2 is 0.790 bits per heavy atom. The van der Waals surface area contributed by atoms with Crippen molar-refractivity contribution in [2.75, 3.05) is 41.0 Å². The van der Waals surface area contributed by atoms with Gasteiger partial charge >= 0.3 is 17.9 Å². The van der Waals surface area contributed by atoms with Gasteiger partial charge in [-0.15, -0.1) is 0 Å². The lowest BCUT2D eigenvalue weighted by Crippen LogP contribution is -2.50. The molecule has 0 aliphatic carbocycles. The second-order valence-electron chi connectivity index (χ2n) is 15.5. The molecule has 2 atom stereocenters. The molecule has 62 heavy (non-hydrogen) atoms. The van der Waals surface area contributed by atoms with Gasteiger partial charge in [0.2, 0.25) is 0 Å². The summed E-state index contributed by atoms with van der Waals surface area (Å²) in [5.74, 6) is -1.71. The van der Waals surface area contributed by atoms with E-state index >= 15 is 0 Å².